The van der Waals surface area contributed by atoms with Crippen molar-refractivity contribution in [2.45, 2.75) is 44.7 Å². The summed E-state index contributed by atoms with van der Waals surface area (Å²) in [7, 11) is 0. The van der Waals surface area contributed by atoms with Crippen molar-refractivity contribution in [3.63, 3.8) is 0 Å². The van der Waals surface area contributed by atoms with Gasteiger partial charge in [-0.2, -0.15) is 0 Å². The first kappa shape index (κ1) is 20.2. The third-order valence-electron chi connectivity index (χ3n) is 7.13. The molecule has 1 N–H and O–H groups in total. The normalized spacial score (nSPS) is 25.3. The minimum Gasteiger partial charge on any atom is -0.354 e. The van der Waals surface area contributed by atoms with E-state index < -0.39 is 0 Å². The quantitative estimate of drug-likeness (QED) is 0.786. The van der Waals surface area contributed by atoms with Crippen molar-refractivity contribution in [1.82, 2.24) is 24.8 Å². The summed E-state index contributed by atoms with van der Waals surface area (Å²) in [5.41, 5.74) is 1.13. The van der Waals surface area contributed by atoms with Crippen molar-refractivity contribution < 1.29 is 4.79 Å². The largest absolute Gasteiger partial charge is 0.354 e. The van der Waals surface area contributed by atoms with Gasteiger partial charge >= 0.3 is 0 Å². The summed E-state index contributed by atoms with van der Waals surface area (Å²) in [6.45, 7) is 7.16. The van der Waals surface area contributed by atoms with E-state index in [-0.39, 0.29) is 22.9 Å². The molecule has 1 amide bonds. The molecule has 0 unspecified atom stereocenters. The number of nitrogens with one attached hydrogen (secondary N) is 1. The van der Waals surface area contributed by atoms with Gasteiger partial charge in [-0.05, 0) is 50.4 Å². The lowest BCUT2D eigenvalue weighted by Crippen LogP contribution is -2.48. The van der Waals surface area contributed by atoms with Crippen molar-refractivity contribution in [3.05, 3.63) is 52.3 Å². The second-order valence-corrected chi connectivity index (χ2v) is 8.99. The van der Waals surface area contributed by atoms with Crippen LogP contribution in [-0.2, 0) is 6.54 Å². The first-order valence-corrected chi connectivity index (χ1v) is 11.4. The average Bonchev–Trinajstić information content (AvgIpc) is 3.26. The molecule has 2 aromatic heterocycles. The van der Waals surface area contributed by atoms with Gasteiger partial charge in [-0.1, -0.05) is 6.92 Å². The molecule has 0 aliphatic carbocycles. The summed E-state index contributed by atoms with van der Waals surface area (Å²) in [6.07, 6.45) is 8.53. The molecular weight excluding hydrogens is 392 g/mol. The number of likely N-dealkylation sites (N-methyl/N-ethyl adjacent to an activating group) is 1. The molecule has 5 rings (SSSR count). The second-order valence-electron chi connectivity index (χ2n) is 8.99. The first-order chi connectivity index (χ1) is 15.1. The van der Waals surface area contributed by atoms with Crippen LogP contribution in [0.5, 0.6) is 0 Å². The third-order valence-corrected chi connectivity index (χ3v) is 7.13. The van der Waals surface area contributed by atoms with E-state index in [2.05, 4.69) is 32.0 Å². The van der Waals surface area contributed by atoms with Gasteiger partial charge in [-0.3, -0.25) is 19.5 Å². The molecule has 3 aliphatic rings. The molecule has 2 fully saturated rings. The van der Waals surface area contributed by atoms with E-state index in [0.29, 0.717) is 25.0 Å². The topological polar surface area (TPSA) is 83.4 Å². The van der Waals surface area contributed by atoms with E-state index in [1.54, 1.807) is 24.7 Å². The highest BCUT2D eigenvalue weighted by Gasteiger charge is 2.36. The van der Waals surface area contributed by atoms with E-state index in [9.17, 15) is 9.59 Å². The minimum atomic E-state index is -0.250. The Balaban J connectivity index is 1.32. The fourth-order valence-corrected chi connectivity index (χ4v) is 5.61. The number of nitrogens with zero attached hydrogens (tertiary/aromatic N) is 5. The van der Waals surface area contributed by atoms with Gasteiger partial charge in [0.25, 0.3) is 11.5 Å². The number of piperidine rings is 1. The Hall–Kier alpha value is -2.74. The number of fused-ring (bicyclic) bond motifs is 4. The number of hydrogen-bond acceptors (Lipinski definition) is 6. The van der Waals surface area contributed by atoms with Crippen molar-refractivity contribution in [3.8, 4) is 0 Å². The maximum Gasteiger partial charge on any atom is 0.263 e. The summed E-state index contributed by atoms with van der Waals surface area (Å²) in [4.78, 5) is 39.3. The van der Waals surface area contributed by atoms with Crippen LogP contribution in [0, 0.1) is 5.92 Å². The zero-order valence-corrected chi connectivity index (χ0v) is 18.0. The van der Waals surface area contributed by atoms with Crippen LogP contribution in [-0.4, -0.2) is 64.1 Å². The number of pyridine rings is 1. The van der Waals surface area contributed by atoms with Gasteiger partial charge in [0.1, 0.15) is 11.4 Å². The van der Waals surface area contributed by atoms with Gasteiger partial charge in [0, 0.05) is 56.2 Å². The SMILES string of the molecule is CCN1CCC[C@H]1CNC(=O)c1ccc2n(c1=O)C[C@H]1C[C@@H]2CN(c2cnccn2)C1. The van der Waals surface area contributed by atoms with Crippen LogP contribution in [0.1, 0.15) is 48.2 Å². The lowest BCUT2D eigenvalue weighted by molar-refractivity contribution is 0.0938. The van der Waals surface area contributed by atoms with Crippen molar-refractivity contribution in [1.29, 1.82) is 0 Å². The predicted octanol–water partition coefficient (Wildman–Crippen LogP) is 1.48. The number of rotatable bonds is 5. The standard InChI is InChI=1S/C23H30N6O2/c1-2-27-9-3-4-18(27)11-26-22(30)19-5-6-20-17-10-16(14-29(20)23(19)31)13-28(15-17)21-12-24-7-8-25-21/h5-8,12,16-18H,2-4,9-11,13-15H2,1H3,(H,26,30)/t16-,17+,18-/m0/s1. The first-order valence-electron chi connectivity index (χ1n) is 11.4. The predicted molar refractivity (Wildman–Crippen MR) is 118 cm³/mol. The van der Waals surface area contributed by atoms with Gasteiger partial charge in [-0.25, -0.2) is 4.98 Å². The maximum atomic E-state index is 13.2. The summed E-state index contributed by atoms with van der Waals surface area (Å²) in [5, 5.41) is 3.01. The van der Waals surface area contributed by atoms with E-state index in [1.165, 1.54) is 6.42 Å². The molecule has 0 aromatic carbocycles. The zero-order chi connectivity index (χ0) is 21.4. The molecule has 31 heavy (non-hydrogen) atoms. The van der Waals surface area contributed by atoms with Crippen LogP contribution in [0.15, 0.2) is 35.5 Å². The van der Waals surface area contributed by atoms with Crippen molar-refractivity contribution >= 4 is 11.7 Å². The third kappa shape index (κ3) is 3.84. The maximum absolute atomic E-state index is 13.2. The Labute approximate surface area is 182 Å². The number of likely N-dealkylation sites (tertiary alicyclic amines) is 1. The van der Waals surface area contributed by atoms with Crippen LogP contribution in [0.25, 0.3) is 0 Å². The summed E-state index contributed by atoms with van der Waals surface area (Å²) < 4.78 is 1.84. The molecule has 3 atom stereocenters. The van der Waals surface area contributed by atoms with Crippen molar-refractivity contribution in [2.75, 3.05) is 37.6 Å². The molecule has 8 heteroatoms. The lowest BCUT2D eigenvalue weighted by atomic mass is 9.83. The Kier molecular flexibility index (Phi) is 5.48. The van der Waals surface area contributed by atoms with E-state index in [4.69, 9.17) is 0 Å². The van der Waals surface area contributed by atoms with Crippen LogP contribution >= 0.6 is 0 Å². The molecular formula is C23H30N6O2. The van der Waals surface area contributed by atoms with Crippen molar-refractivity contribution in [2.24, 2.45) is 5.92 Å². The number of hydrogen-bond donors (Lipinski definition) is 1. The smallest absolute Gasteiger partial charge is 0.263 e. The van der Waals surface area contributed by atoms with Gasteiger partial charge in [0.2, 0.25) is 0 Å². The fourth-order valence-electron chi connectivity index (χ4n) is 5.61. The van der Waals surface area contributed by atoms with Crippen LogP contribution in [0.2, 0.25) is 0 Å². The number of carbonyl (C=O) groups is 1. The van der Waals surface area contributed by atoms with Crippen LogP contribution in [0.3, 0.4) is 0 Å². The average molecular weight is 423 g/mol. The van der Waals surface area contributed by atoms with Crippen LogP contribution < -0.4 is 15.8 Å². The molecule has 8 nitrogen and oxygen atoms in total. The molecule has 5 heterocycles. The molecule has 164 valence electrons. The molecule has 2 aromatic rings. The fraction of sp³-hybridized carbons (Fsp3) is 0.565. The van der Waals surface area contributed by atoms with E-state index in [1.807, 2.05) is 10.6 Å². The molecule has 0 saturated carbocycles. The van der Waals surface area contributed by atoms with Crippen LogP contribution in [0.4, 0.5) is 5.82 Å². The van der Waals surface area contributed by atoms with Gasteiger partial charge in [-0.15, -0.1) is 0 Å². The molecule has 0 radical (unpaired) electrons. The number of aromatic nitrogens is 3. The van der Waals surface area contributed by atoms with Gasteiger partial charge in [0.15, 0.2) is 0 Å². The minimum absolute atomic E-state index is 0.156. The Morgan fingerprint density at radius 3 is 2.94 bits per heavy atom. The molecule has 2 saturated heterocycles. The Morgan fingerprint density at radius 2 is 2.13 bits per heavy atom. The molecule has 0 spiro atoms. The number of amides is 1. The summed E-state index contributed by atoms with van der Waals surface area (Å²) >= 11 is 0. The highest BCUT2D eigenvalue weighted by molar-refractivity contribution is 5.93. The summed E-state index contributed by atoms with van der Waals surface area (Å²) in [5.74, 6) is 1.26. The second kappa shape index (κ2) is 8.42. The summed E-state index contributed by atoms with van der Waals surface area (Å²) in [6, 6.07) is 4.07. The van der Waals surface area contributed by atoms with E-state index >= 15 is 0 Å². The number of carbonyl (C=O) groups excluding carboxylic acids is 1. The Morgan fingerprint density at radius 1 is 1.23 bits per heavy atom. The monoisotopic (exact) mass is 422 g/mol. The highest BCUT2D eigenvalue weighted by Crippen LogP contribution is 2.36. The number of anilines is 1. The van der Waals surface area contributed by atoms with E-state index in [0.717, 1.165) is 50.5 Å². The molecule has 2 bridgehead atoms. The lowest BCUT2D eigenvalue weighted by Gasteiger charge is -2.43. The molecule has 3 aliphatic heterocycles. The Bertz CT molecular complexity index is 1010. The highest BCUT2D eigenvalue weighted by atomic mass is 16.2. The van der Waals surface area contributed by atoms with Gasteiger partial charge in [0.05, 0.1) is 6.20 Å². The van der Waals surface area contributed by atoms with Gasteiger partial charge < -0.3 is 14.8 Å². The zero-order valence-electron chi connectivity index (χ0n) is 18.0.